The van der Waals surface area contributed by atoms with E-state index in [0.29, 0.717) is 0 Å². The van der Waals surface area contributed by atoms with Crippen LogP contribution in [0.3, 0.4) is 0 Å². The predicted molar refractivity (Wildman–Crippen MR) is 67.4 cm³/mol. The lowest BCUT2D eigenvalue weighted by molar-refractivity contribution is 0.104. The molecule has 0 N–H and O–H groups in total. The molecular formula is C14H12OS. The van der Waals surface area contributed by atoms with E-state index in [1.165, 1.54) is 11.1 Å². The molecule has 1 aromatic carbocycles. The standard InChI is InChI=1S/C14H12OS/c1-7-4-10-11(5-8(7)2)14(15)13-9(3)16-6-12(10)13/h4-6H,1-3H3. The second-order valence-corrected chi connectivity index (χ2v) is 5.48. The summed E-state index contributed by atoms with van der Waals surface area (Å²) >= 11 is 1.66. The van der Waals surface area contributed by atoms with E-state index in [4.69, 9.17) is 0 Å². The highest BCUT2D eigenvalue weighted by Crippen LogP contribution is 2.42. The molecule has 0 saturated heterocycles. The maximum Gasteiger partial charge on any atom is 0.195 e. The fourth-order valence-corrected chi connectivity index (χ4v) is 3.16. The molecule has 1 aliphatic carbocycles. The number of carbonyl (C=O) groups excluding carboxylic acids is 1. The number of benzene rings is 1. The Labute approximate surface area is 98.7 Å². The fraction of sp³-hybridized carbons (Fsp3) is 0.214. The Morgan fingerprint density at radius 1 is 0.938 bits per heavy atom. The summed E-state index contributed by atoms with van der Waals surface area (Å²) in [4.78, 5) is 13.4. The van der Waals surface area contributed by atoms with Crippen LogP contribution in [0.5, 0.6) is 0 Å². The van der Waals surface area contributed by atoms with Crippen LogP contribution in [0.1, 0.15) is 31.9 Å². The first kappa shape index (κ1) is 9.79. The van der Waals surface area contributed by atoms with Crippen LogP contribution in [0.2, 0.25) is 0 Å². The Morgan fingerprint density at radius 3 is 2.25 bits per heavy atom. The molecule has 2 heteroatoms. The molecule has 1 nitrogen and oxygen atoms in total. The van der Waals surface area contributed by atoms with Gasteiger partial charge in [-0.2, -0.15) is 0 Å². The van der Waals surface area contributed by atoms with E-state index in [1.807, 2.05) is 13.0 Å². The minimum atomic E-state index is 0.201. The van der Waals surface area contributed by atoms with Crippen LogP contribution in [-0.2, 0) is 0 Å². The number of hydrogen-bond donors (Lipinski definition) is 0. The Balaban J connectivity index is 2.38. The summed E-state index contributed by atoms with van der Waals surface area (Å²) in [6, 6.07) is 4.16. The molecule has 1 aliphatic rings. The molecule has 3 rings (SSSR count). The second-order valence-electron chi connectivity index (χ2n) is 4.39. The van der Waals surface area contributed by atoms with Gasteiger partial charge in [0.25, 0.3) is 0 Å². The van der Waals surface area contributed by atoms with Crippen molar-refractivity contribution in [1.82, 2.24) is 0 Å². The summed E-state index contributed by atoms with van der Waals surface area (Å²) in [6.07, 6.45) is 0. The van der Waals surface area contributed by atoms with Crippen molar-refractivity contribution < 1.29 is 4.79 Å². The van der Waals surface area contributed by atoms with Gasteiger partial charge >= 0.3 is 0 Å². The molecule has 1 heterocycles. The summed E-state index contributed by atoms with van der Waals surface area (Å²) < 4.78 is 0. The van der Waals surface area contributed by atoms with E-state index in [2.05, 4.69) is 25.3 Å². The molecule has 0 aliphatic heterocycles. The third kappa shape index (κ3) is 1.08. The van der Waals surface area contributed by atoms with E-state index in [9.17, 15) is 4.79 Å². The average Bonchev–Trinajstić information content (AvgIpc) is 2.73. The van der Waals surface area contributed by atoms with Crippen molar-refractivity contribution in [2.45, 2.75) is 20.8 Å². The molecule has 0 fully saturated rings. The van der Waals surface area contributed by atoms with Crippen molar-refractivity contribution in [1.29, 1.82) is 0 Å². The van der Waals surface area contributed by atoms with Gasteiger partial charge in [0.05, 0.1) is 0 Å². The topological polar surface area (TPSA) is 17.1 Å². The molecule has 0 spiro atoms. The summed E-state index contributed by atoms with van der Waals surface area (Å²) in [5.41, 5.74) is 6.49. The number of hydrogen-bond acceptors (Lipinski definition) is 2. The van der Waals surface area contributed by atoms with Gasteiger partial charge in [-0.25, -0.2) is 0 Å². The first-order valence-corrected chi connectivity index (χ1v) is 6.22. The molecule has 0 saturated carbocycles. The summed E-state index contributed by atoms with van der Waals surface area (Å²) in [7, 11) is 0. The number of thiophene rings is 1. The van der Waals surface area contributed by atoms with Crippen molar-refractivity contribution >= 4 is 17.1 Å². The SMILES string of the molecule is Cc1cc2c(cc1C)-c1csc(C)c1C2=O. The first-order chi connectivity index (χ1) is 7.59. The molecule has 80 valence electrons. The number of ketones is 1. The fourth-order valence-electron chi connectivity index (χ4n) is 2.30. The monoisotopic (exact) mass is 228 g/mol. The van der Waals surface area contributed by atoms with Gasteiger partial charge in [0, 0.05) is 21.6 Å². The Morgan fingerprint density at radius 2 is 1.56 bits per heavy atom. The van der Waals surface area contributed by atoms with Crippen molar-refractivity contribution in [3.05, 3.63) is 44.6 Å². The summed E-state index contributed by atoms with van der Waals surface area (Å²) in [6.45, 7) is 6.17. The van der Waals surface area contributed by atoms with Crippen LogP contribution in [0.15, 0.2) is 17.5 Å². The number of carbonyl (C=O) groups is 1. The van der Waals surface area contributed by atoms with Crippen LogP contribution < -0.4 is 0 Å². The lowest BCUT2D eigenvalue weighted by Gasteiger charge is -2.04. The van der Waals surface area contributed by atoms with Gasteiger partial charge in [0.15, 0.2) is 5.78 Å². The zero-order chi connectivity index (χ0) is 11.4. The highest BCUT2D eigenvalue weighted by atomic mass is 32.1. The van der Waals surface area contributed by atoms with Gasteiger partial charge in [-0.3, -0.25) is 4.79 Å². The Hall–Kier alpha value is -1.41. The van der Waals surface area contributed by atoms with E-state index in [1.54, 1.807) is 11.3 Å². The molecular weight excluding hydrogens is 216 g/mol. The summed E-state index contributed by atoms with van der Waals surface area (Å²) in [5, 5.41) is 2.10. The highest BCUT2D eigenvalue weighted by molar-refractivity contribution is 7.10. The minimum Gasteiger partial charge on any atom is -0.289 e. The normalized spacial score (nSPS) is 12.8. The summed E-state index contributed by atoms with van der Waals surface area (Å²) in [5.74, 6) is 0.201. The van der Waals surface area contributed by atoms with Crippen LogP contribution in [0.4, 0.5) is 0 Å². The van der Waals surface area contributed by atoms with Crippen molar-refractivity contribution in [3.63, 3.8) is 0 Å². The lowest BCUT2D eigenvalue weighted by Crippen LogP contribution is -1.97. The van der Waals surface area contributed by atoms with Crippen molar-refractivity contribution in [2.75, 3.05) is 0 Å². The molecule has 1 aromatic heterocycles. The molecule has 16 heavy (non-hydrogen) atoms. The van der Waals surface area contributed by atoms with Crippen molar-refractivity contribution in [3.8, 4) is 11.1 Å². The van der Waals surface area contributed by atoms with Crippen LogP contribution in [0.25, 0.3) is 11.1 Å². The smallest absolute Gasteiger partial charge is 0.195 e. The van der Waals surface area contributed by atoms with Gasteiger partial charge in [-0.05, 0) is 48.9 Å². The third-order valence-electron chi connectivity index (χ3n) is 3.37. The van der Waals surface area contributed by atoms with Gasteiger partial charge < -0.3 is 0 Å². The zero-order valence-electron chi connectivity index (χ0n) is 9.55. The van der Waals surface area contributed by atoms with Crippen LogP contribution in [0, 0.1) is 20.8 Å². The van der Waals surface area contributed by atoms with Gasteiger partial charge in [-0.15, -0.1) is 11.3 Å². The highest BCUT2D eigenvalue weighted by Gasteiger charge is 2.29. The maximum absolute atomic E-state index is 12.2. The zero-order valence-corrected chi connectivity index (χ0v) is 10.4. The predicted octanol–water partition coefficient (Wildman–Crippen LogP) is 3.88. The molecule has 0 unspecified atom stereocenters. The van der Waals surface area contributed by atoms with E-state index in [-0.39, 0.29) is 5.78 Å². The first-order valence-electron chi connectivity index (χ1n) is 5.34. The maximum atomic E-state index is 12.2. The van der Waals surface area contributed by atoms with Gasteiger partial charge in [0.1, 0.15) is 0 Å². The molecule has 0 radical (unpaired) electrons. The van der Waals surface area contributed by atoms with E-state index >= 15 is 0 Å². The van der Waals surface area contributed by atoms with Crippen LogP contribution >= 0.6 is 11.3 Å². The van der Waals surface area contributed by atoms with Crippen LogP contribution in [-0.4, -0.2) is 5.78 Å². The third-order valence-corrected chi connectivity index (χ3v) is 4.28. The van der Waals surface area contributed by atoms with E-state index < -0.39 is 0 Å². The molecule has 0 atom stereocenters. The number of fused-ring (bicyclic) bond motifs is 3. The van der Waals surface area contributed by atoms with Crippen molar-refractivity contribution in [2.24, 2.45) is 0 Å². The second kappa shape index (κ2) is 3.05. The van der Waals surface area contributed by atoms with Gasteiger partial charge in [0.2, 0.25) is 0 Å². The molecule has 2 aromatic rings. The number of aryl methyl sites for hydroxylation is 3. The Bertz CT molecular complexity index is 620. The average molecular weight is 228 g/mol. The largest absolute Gasteiger partial charge is 0.289 e. The quantitative estimate of drug-likeness (QED) is 0.570. The van der Waals surface area contributed by atoms with Gasteiger partial charge in [-0.1, -0.05) is 6.07 Å². The number of rotatable bonds is 0. The molecule has 0 amide bonds. The Kier molecular flexibility index (Phi) is 1.86. The lowest BCUT2D eigenvalue weighted by atomic mass is 10.0. The minimum absolute atomic E-state index is 0.201. The van der Waals surface area contributed by atoms with E-state index in [0.717, 1.165) is 27.1 Å². The molecule has 0 bridgehead atoms.